The highest BCUT2D eigenvalue weighted by atomic mass is 79.9. The van der Waals surface area contributed by atoms with E-state index in [0.29, 0.717) is 15.9 Å². The van der Waals surface area contributed by atoms with E-state index in [1.165, 1.54) is 6.07 Å². The molecule has 0 amide bonds. The second-order valence-corrected chi connectivity index (χ2v) is 3.23. The van der Waals surface area contributed by atoms with E-state index in [4.69, 9.17) is 11.6 Å². The molecular formula is C8H7BrClF. The van der Waals surface area contributed by atoms with Gasteiger partial charge in [-0.05, 0) is 18.6 Å². The van der Waals surface area contributed by atoms with E-state index in [0.717, 1.165) is 5.56 Å². The van der Waals surface area contributed by atoms with Crippen LogP contribution in [0.2, 0.25) is 5.02 Å². The van der Waals surface area contributed by atoms with Gasteiger partial charge in [-0.25, -0.2) is 4.39 Å². The zero-order valence-corrected chi connectivity index (χ0v) is 8.34. The molecule has 1 aromatic carbocycles. The second-order valence-electron chi connectivity index (χ2n) is 2.29. The fourth-order valence-electron chi connectivity index (χ4n) is 0.837. The standard InChI is InChI=1S/C8H7BrClF/c1-5-2-3-7(11)6(4-9)8(5)10/h2-3H,4H2,1H3. The van der Waals surface area contributed by atoms with E-state index in [1.807, 2.05) is 6.92 Å². The summed E-state index contributed by atoms with van der Waals surface area (Å²) in [5, 5.41) is 0.973. The predicted octanol–water partition coefficient (Wildman–Crippen LogP) is 3.68. The summed E-state index contributed by atoms with van der Waals surface area (Å²) in [6.07, 6.45) is 0. The molecular weight excluding hydrogens is 230 g/mol. The lowest BCUT2D eigenvalue weighted by Gasteiger charge is -2.03. The lowest BCUT2D eigenvalue weighted by Crippen LogP contribution is -1.89. The molecule has 1 rings (SSSR count). The number of aryl methyl sites for hydroxylation is 1. The Labute approximate surface area is 78.5 Å². The normalized spacial score (nSPS) is 10.2. The number of hydrogen-bond acceptors (Lipinski definition) is 0. The summed E-state index contributed by atoms with van der Waals surface area (Å²) in [6, 6.07) is 3.10. The van der Waals surface area contributed by atoms with Crippen molar-refractivity contribution in [2.45, 2.75) is 12.3 Å². The zero-order valence-electron chi connectivity index (χ0n) is 6.00. The smallest absolute Gasteiger partial charge is 0.128 e. The quantitative estimate of drug-likeness (QED) is 0.654. The summed E-state index contributed by atoms with van der Waals surface area (Å²) in [5.74, 6) is -0.252. The van der Waals surface area contributed by atoms with Crippen LogP contribution in [0.25, 0.3) is 0 Å². The van der Waals surface area contributed by atoms with Crippen LogP contribution >= 0.6 is 27.5 Å². The molecule has 11 heavy (non-hydrogen) atoms. The highest BCUT2D eigenvalue weighted by molar-refractivity contribution is 9.08. The molecule has 0 atom stereocenters. The van der Waals surface area contributed by atoms with Crippen LogP contribution in [-0.2, 0) is 5.33 Å². The van der Waals surface area contributed by atoms with Crippen LogP contribution in [0, 0.1) is 12.7 Å². The van der Waals surface area contributed by atoms with Gasteiger partial charge in [-0.3, -0.25) is 0 Å². The molecule has 1 aromatic rings. The average molecular weight is 237 g/mol. The van der Waals surface area contributed by atoms with Crippen molar-refractivity contribution in [2.75, 3.05) is 0 Å². The summed E-state index contributed by atoms with van der Waals surface area (Å²) >= 11 is 9.00. The van der Waals surface area contributed by atoms with Gasteiger partial charge < -0.3 is 0 Å². The van der Waals surface area contributed by atoms with Gasteiger partial charge in [-0.15, -0.1) is 0 Å². The minimum atomic E-state index is -0.252. The fraction of sp³-hybridized carbons (Fsp3) is 0.250. The molecule has 0 fully saturated rings. The van der Waals surface area contributed by atoms with E-state index in [2.05, 4.69) is 15.9 Å². The topological polar surface area (TPSA) is 0 Å². The van der Waals surface area contributed by atoms with Gasteiger partial charge in [-0.2, -0.15) is 0 Å². The summed E-state index contributed by atoms with van der Waals surface area (Å²) < 4.78 is 12.9. The van der Waals surface area contributed by atoms with Crippen LogP contribution in [0.15, 0.2) is 12.1 Å². The third-order valence-corrected chi connectivity index (χ3v) is 2.60. The summed E-state index contributed by atoms with van der Waals surface area (Å²) in [7, 11) is 0. The summed E-state index contributed by atoms with van der Waals surface area (Å²) in [4.78, 5) is 0. The molecule has 0 aliphatic carbocycles. The molecule has 0 unspecified atom stereocenters. The van der Waals surface area contributed by atoms with Gasteiger partial charge in [0.25, 0.3) is 0 Å². The first-order valence-electron chi connectivity index (χ1n) is 3.16. The SMILES string of the molecule is Cc1ccc(F)c(CBr)c1Cl. The first-order valence-corrected chi connectivity index (χ1v) is 4.66. The number of benzene rings is 1. The second kappa shape index (κ2) is 3.55. The zero-order chi connectivity index (χ0) is 8.43. The van der Waals surface area contributed by atoms with Gasteiger partial charge in [-0.1, -0.05) is 33.6 Å². The molecule has 0 spiro atoms. The van der Waals surface area contributed by atoms with Crippen LogP contribution in [-0.4, -0.2) is 0 Å². The molecule has 0 radical (unpaired) electrons. The molecule has 0 nitrogen and oxygen atoms in total. The maximum absolute atomic E-state index is 12.9. The highest BCUT2D eigenvalue weighted by Crippen LogP contribution is 2.24. The van der Waals surface area contributed by atoms with Gasteiger partial charge in [0.2, 0.25) is 0 Å². The van der Waals surface area contributed by atoms with Gasteiger partial charge in [0.1, 0.15) is 5.82 Å². The number of alkyl halides is 1. The Balaban J connectivity index is 3.29. The molecule has 0 saturated carbocycles. The number of halogens is 3. The summed E-state index contributed by atoms with van der Waals surface area (Å²) in [5.41, 5.74) is 1.44. The van der Waals surface area contributed by atoms with Crippen molar-refractivity contribution >= 4 is 27.5 Å². The van der Waals surface area contributed by atoms with Crippen molar-refractivity contribution < 1.29 is 4.39 Å². The third kappa shape index (κ3) is 1.74. The molecule has 0 aliphatic heterocycles. The Morgan fingerprint density at radius 3 is 2.64 bits per heavy atom. The third-order valence-electron chi connectivity index (χ3n) is 1.51. The van der Waals surface area contributed by atoms with Gasteiger partial charge in [0.05, 0.1) is 5.02 Å². The van der Waals surface area contributed by atoms with E-state index in [9.17, 15) is 4.39 Å². The molecule has 0 aromatic heterocycles. The Morgan fingerprint density at radius 2 is 2.18 bits per heavy atom. The molecule has 0 aliphatic rings. The minimum Gasteiger partial charge on any atom is -0.207 e. The van der Waals surface area contributed by atoms with E-state index in [-0.39, 0.29) is 5.82 Å². The van der Waals surface area contributed by atoms with Crippen LogP contribution < -0.4 is 0 Å². The lowest BCUT2D eigenvalue weighted by atomic mass is 10.1. The Morgan fingerprint density at radius 1 is 1.55 bits per heavy atom. The predicted molar refractivity (Wildman–Crippen MR) is 48.8 cm³/mol. The average Bonchev–Trinajstić information content (AvgIpc) is 1.99. The van der Waals surface area contributed by atoms with E-state index in [1.54, 1.807) is 6.07 Å². The van der Waals surface area contributed by atoms with Crippen molar-refractivity contribution in [3.63, 3.8) is 0 Å². The highest BCUT2D eigenvalue weighted by Gasteiger charge is 2.06. The van der Waals surface area contributed by atoms with Crippen LogP contribution in [0.5, 0.6) is 0 Å². The van der Waals surface area contributed by atoms with Crippen LogP contribution in [0.1, 0.15) is 11.1 Å². The van der Waals surface area contributed by atoms with Gasteiger partial charge in [0.15, 0.2) is 0 Å². The van der Waals surface area contributed by atoms with E-state index < -0.39 is 0 Å². The molecule has 0 saturated heterocycles. The Bertz CT molecular complexity index is 273. The molecule has 0 bridgehead atoms. The Kier molecular flexibility index (Phi) is 2.90. The first kappa shape index (κ1) is 9.01. The molecule has 3 heteroatoms. The largest absolute Gasteiger partial charge is 0.207 e. The van der Waals surface area contributed by atoms with Crippen molar-refractivity contribution in [1.82, 2.24) is 0 Å². The van der Waals surface area contributed by atoms with Gasteiger partial charge >= 0.3 is 0 Å². The number of hydrogen-bond donors (Lipinski definition) is 0. The van der Waals surface area contributed by atoms with Crippen LogP contribution in [0.3, 0.4) is 0 Å². The Hall–Kier alpha value is -0.0800. The van der Waals surface area contributed by atoms with Crippen molar-refractivity contribution in [1.29, 1.82) is 0 Å². The van der Waals surface area contributed by atoms with Gasteiger partial charge in [0, 0.05) is 10.9 Å². The molecule has 0 heterocycles. The van der Waals surface area contributed by atoms with Crippen LogP contribution in [0.4, 0.5) is 4.39 Å². The molecule has 60 valence electrons. The fourth-order valence-corrected chi connectivity index (χ4v) is 1.77. The van der Waals surface area contributed by atoms with Crippen molar-refractivity contribution in [3.05, 3.63) is 34.1 Å². The van der Waals surface area contributed by atoms with Crippen molar-refractivity contribution in [2.24, 2.45) is 0 Å². The molecule has 0 N–H and O–H groups in total. The first-order chi connectivity index (χ1) is 5.16. The maximum Gasteiger partial charge on any atom is 0.128 e. The maximum atomic E-state index is 12.9. The van der Waals surface area contributed by atoms with E-state index >= 15 is 0 Å². The minimum absolute atomic E-state index is 0.252. The number of rotatable bonds is 1. The summed E-state index contributed by atoms with van der Waals surface area (Å²) in [6.45, 7) is 1.86. The monoisotopic (exact) mass is 236 g/mol. The lowest BCUT2D eigenvalue weighted by molar-refractivity contribution is 0.617. The van der Waals surface area contributed by atoms with Crippen molar-refractivity contribution in [3.8, 4) is 0 Å².